The first kappa shape index (κ1) is 29.0. The maximum Gasteiger partial charge on any atom is 0.416 e. The second-order valence-corrected chi connectivity index (χ2v) is 12.1. The number of hydrogen-bond donors (Lipinski definition) is 1. The standard InChI is InChI=1S/C31H33F5N2O4/c32-26-4-1-19(14-25(26)28(39)40)18-6-10-37(11-7-18)23-5-9-30(42-17-23,21-2-3-21)29(41)38-12-8-24-20(16-38)13-22(15-27(24)33)31(34,35)36/h1,4,13-15,18,21,23H,2-3,5-12,16-17H2,(H,39,40)/t23?,30-/m0/s1. The molecule has 4 aliphatic rings. The molecule has 0 radical (unpaired) electrons. The number of fused-ring (bicyclic) bond motifs is 1. The van der Waals surface area contributed by atoms with Gasteiger partial charge in [-0.25, -0.2) is 13.6 Å². The van der Waals surface area contributed by atoms with Crippen LogP contribution in [0.1, 0.15) is 77.1 Å². The van der Waals surface area contributed by atoms with E-state index in [1.54, 1.807) is 11.0 Å². The van der Waals surface area contributed by atoms with E-state index < -0.39 is 34.9 Å². The minimum Gasteiger partial charge on any atom is -0.478 e. The molecular formula is C31H33F5N2O4. The maximum absolute atomic E-state index is 14.5. The SMILES string of the molecule is O=C(O)c1cc(C2CCN(C3CC[C@@](C(=O)N4CCc5c(F)cc(C(F)(F)F)cc5C4)(C4CC4)OC3)CC2)ccc1F. The molecule has 11 heteroatoms. The molecule has 6 rings (SSSR count). The number of rotatable bonds is 5. The van der Waals surface area contributed by atoms with E-state index in [1.807, 2.05) is 0 Å². The molecule has 2 atom stereocenters. The van der Waals surface area contributed by atoms with E-state index in [9.17, 15) is 36.6 Å². The fraction of sp³-hybridized carbons (Fsp3) is 0.548. The van der Waals surface area contributed by atoms with Crippen molar-refractivity contribution in [3.05, 3.63) is 69.8 Å². The summed E-state index contributed by atoms with van der Waals surface area (Å²) in [6, 6.07) is 5.88. The fourth-order valence-electron chi connectivity index (χ4n) is 7.09. The van der Waals surface area contributed by atoms with Crippen LogP contribution < -0.4 is 0 Å². The first-order chi connectivity index (χ1) is 20.0. The molecule has 3 aliphatic heterocycles. The first-order valence-electron chi connectivity index (χ1n) is 14.5. The first-order valence-corrected chi connectivity index (χ1v) is 14.5. The molecule has 226 valence electrons. The van der Waals surface area contributed by atoms with Gasteiger partial charge in [-0.15, -0.1) is 0 Å². The minimum absolute atomic E-state index is 0.0678. The molecule has 42 heavy (non-hydrogen) atoms. The van der Waals surface area contributed by atoms with Gasteiger partial charge in [0.2, 0.25) is 0 Å². The molecule has 1 amide bonds. The van der Waals surface area contributed by atoms with Crippen molar-refractivity contribution in [1.29, 1.82) is 0 Å². The number of carboxylic acids is 1. The molecule has 1 N–H and O–H groups in total. The third-order valence-corrected chi connectivity index (χ3v) is 9.61. The van der Waals surface area contributed by atoms with Crippen molar-refractivity contribution in [1.82, 2.24) is 9.80 Å². The van der Waals surface area contributed by atoms with Crippen LogP contribution in [0, 0.1) is 17.6 Å². The molecule has 1 aliphatic carbocycles. The molecule has 3 heterocycles. The van der Waals surface area contributed by atoms with Gasteiger partial charge < -0.3 is 14.7 Å². The van der Waals surface area contributed by atoms with Crippen LogP contribution in [-0.4, -0.2) is 64.7 Å². The summed E-state index contributed by atoms with van der Waals surface area (Å²) in [4.78, 5) is 29.1. The largest absolute Gasteiger partial charge is 0.478 e. The molecule has 0 bridgehead atoms. The Bertz CT molecular complexity index is 1380. The van der Waals surface area contributed by atoms with Crippen molar-refractivity contribution in [2.75, 3.05) is 26.2 Å². The fourth-order valence-corrected chi connectivity index (χ4v) is 7.09. The van der Waals surface area contributed by atoms with Gasteiger partial charge in [0.15, 0.2) is 0 Å². The molecule has 0 spiro atoms. The zero-order chi connectivity index (χ0) is 29.8. The summed E-state index contributed by atoms with van der Waals surface area (Å²) in [5, 5.41) is 9.26. The highest BCUT2D eigenvalue weighted by Crippen LogP contribution is 2.49. The quantitative estimate of drug-likeness (QED) is 0.447. The molecule has 2 aromatic rings. The molecule has 1 unspecified atom stereocenters. The van der Waals surface area contributed by atoms with Crippen molar-refractivity contribution < 1.29 is 41.4 Å². The Balaban J connectivity index is 1.10. The maximum atomic E-state index is 14.5. The number of halogens is 5. The number of likely N-dealkylation sites (tertiary alicyclic amines) is 1. The predicted octanol–water partition coefficient (Wildman–Crippen LogP) is 5.77. The number of benzene rings is 2. The van der Waals surface area contributed by atoms with Crippen LogP contribution in [0.25, 0.3) is 0 Å². The summed E-state index contributed by atoms with van der Waals surface area (Å²) in [6.45, 7) is 2.05. The second-order valence-electron chi connectivity index (χ2n) is 12.1. The number of alkyl halides is 3. The van der Waals surface area contributed by atoms with Crippen molar-refractivity contribution in [2.45, 2.75) is 75.2 Å². The van der Waals surface area contributed by atoms with E-state index in [-0.39, 0.29) is 60.0 Å². The van der Waals surface area contributed by atoms with E-state index in [0.29, 0.717) is 19.1 Å². The van der Waals surface area contributed by atoms with Crippen molar-refractivity contribution in [3.8, 4) is 0 Å². The zero-order valence-corrected chi connectivity index (χ0v) is 23.1. The topological polar surface area (TPSA) is 70.1 Å². The highest BCUT2D eigenvalue weighted by Gasteiger charge is 2.56. The molecule has 2 saturated heterocycles. The number of piperidine rings is 1. The lowest BCUT2D eigenvalue weighted by Crippen LogP contribution is -2.58. The van der Waals surface area contributed by atoms with Gasteiger partial charge in [0, 0.05) is 19.1 Å². The number of nitrogens with zero attached hydrogens (tertiary/aromatic N) is 2. The average molecular weight is 593 g/mol. The van der Waals surface area contributed by atoms with Crippen LogP contribution in [0.15, 0.2) is 30.3 Å². The molecule has 2 aromatic carbocycles. The summed E-state index contributed by atoms with van der Waals surface area (Å²) < 4.78 is 74.7. The second kappa shape index (κ2) is 10.9. The van der Waals surface area contributed by atoms with Crippen LogP contribution in [0.3, 0.4) is 0 Å². The number of aromatic carboxylic acids is 1. The Hall–Kier alpha value is -3.05. The summed E-state index contributed by atoms with van der Waals surface area (Å²) in [7, 11) is 0. The van der Waals surface area contributed by atoms with Crippen LogP contribution in [-0.2, 0) is 28.7 Å². The summed E-state index contributed by atoms with van der Waals surface area (Å²) >= 11 is 0. The molecule has 3 fully saturated rings. The highest BCUT2D eigenvalue weighted by atomic mass is 19.4. The van der Waals surface area contributed by atoms with E-state index in [2.05, 4.69) is 4.90 Å². The van der Waals surface area contributed by atoms with Gasteiger partial charge >= 0.3 is 12.1 Å². The number of amides is 1. The lowest BCUT2D eigenvalue weighted by Gasteiger charge is -2.46. The monoisotopic (exact) mass is 592 g/mol. The average Bonchev–Trinajstić information content (AvgIpc) is 3.83. The normalized spacial score (nSPS) is 25.7. The molecule has 0 aromatic heterocycles. The number of ether oxygens (including phenoxy) is 1. The minimum atomic E-state index is -4.67. The third kappa shape index (κ3) is 5.41. The summed E-state index contributed by atoms with van der Waals surface area (Å²) in [5.41, 5.74) is -1.13. The zero-order valence-electron chi connectivity index (χ0n) is 23.1. The van der Waals surface area contributed by atoms with Gasteiger partial charge in [0.25, 0.3) is 5.91 Å². The highest BCUT2D eigenvalue weighted by molar-refractivity contribution is 5.88. The van der Waals surface area contributed by atoms with Gasteiger partial charge in [0.05, 0.1) is 17.7 Å². The van der Waals surface area contributed by atoms with E-state index in [1.165, 1.54) is 12.1 Å². The Morgan fingerprint density at radius 1 is 0.952 bits per heavy atom. The van der Waals surface area contributed by atoms with Crippen LogP contribution in [0.4, 0.5) is 22.0 Å². The van der Waals surface area contributed by atoms with Gasteiger partial charge in [0.1, 0.15) is 17.2 Å². The van der Waals surface area contributed by atoms with Crippen molar-refractivity contribution in [2.24, 2.45) is 5.92 Å². The summed E-state index contributed by atoms with van der Waals surface area (Å²) in [5.74, 6) is -2.93. The number of carboxylic acid groups (broad SMARTS) is 1. The van der Waals surface area contributed by atoms with Crippen LogP contribution in [0.5, 0.6) is 0 Å². The number of carbonyl (C=O) groups excluding carboxylic acids is 1. The summed E-state index contributed by atoms with van der Waals surface area (Å²) in [6.07, 6.45) is 0.0314. The van der Waals surface area contributed by atoms with Crippen LogP contribution in [0.2, 0.25) is 0 Å². The molecule has 1 saturated carbocycles. The van der Waals surface area contributed by atoms with Gasteiger partial charge in [-0.05, 0) is 111 Å². The Kier molecular flexibility index (Phi) is 7.54. The lowest BCUT2D eigenvalue weighted by molar-refractivity contribution is -0.177. The van der Waals surface area contributed by atoms with Gasteiger partial charge in [-0.1, -0.05) is 6.07 Å². The molecular weight excluding hydrogens is 559 g/mol. The smallest absolute Gasteiger partial charge is 0.416 e. The van der Waals surface area contributed by atoms with Crippen molar-refractivity contribution >= 4 is 11.9 Å². The van der Waals surface area contributed by atoms with E-state index in [4.69, 9.17) is 4.74 Å². The Labute approximate surface area is 240 Å². The predicted molar refractivity (Wildman–Crippen MR) is 142 cm³/mol. The van der Waals surface area contributed by atoms with Gasteiger partial charge in [-0.3, -0.25) is 9.69 Å². The Morgan fingerprint density at radius 3 is 2.31 bits per heavy atom. The number of carbonyl (C=O) groups is 2. The lowest BCUT2D eigenvalue weighted by atomic mass is 9.83. The van der Waals surface area contributed by atoms with E-state index in [0.717, 1.165) is 56.8 Å². The van der Waals surface area contributed by atoms with Crippen LogP contribution >= 0.6 is 0 Å². The molecule has 6 nitrogen and oxygen atoms in total. The number of hydrogen-bond acceptors (Lipinski definition) is 4. The third-order valence-electron chi connectivity index (χ3n) is 9.61. The van der Waals surface area contributed by atoms with Gasteiger partial charge in [-0.2, -0.15) is 13.2 Å². The van der Waals surface area contributed by atoms with Crippen molar-refractivity contribution in [3.63, 3.8) is 0 Å². The Morgan fingerprint density at radius 2 is 1.69 bits per heavy atom. The van der Waals surface area contributed by atoms with E-state index >= 15 is 0 Å².